The highest BCUT2D eigenvalue weighted by molar-refractivity contribution is 7.80. The van der Waals surface area contributed by atoms with E-state index in [1.807, 2.05) is 27.7 Å². The van der Waals surface area contributed by atoms with Gasteiger partial charge in [0, 0.05) is 11.8 Å². The van der Waals surface area contributed by atoms with E-state index in [-0.39, 0.29) is 41.9 Å². The van der Waals surface area contributed by atoms with Gasteiger partial charge in [-0.1, -0.05) is 34.6 Å². The van der Waals surface area contributed by atoms with Crippen LogP contribution in [0.15, 0.2) is 0 Å². The predicted octanol–water partition coefficient (Wildman–Crippen LogP) is 2.29. The molecular weight excluding hydrogens is 500 g/mol. The van der Waals surface area contributed by atoms with Gasteiger partial charge in [0.1, 0.15) is 0 Å². The Kier molecular flexibility index (Phi) is 7.97. The summed E-state index contributed by atoms with van der Waals surface area (Å²) >= 11 is 0. The highest BCUT2D eigenvalue weighted by Crippen LogP contribution is 2.69. The van der Waals surface area contributed by atoms with Crippen LogP contribution in [0.25, 0.3) is 0 Å². The van der Waals surface area contributed by atoms with E-state index in [9.17, 15) is 38.5 Å². The SMILES string of the molecule is CC(C)[C@H](CC[C@@H](C)[C@H]1[C@@H](O)[C@H](O)[C@H]2[C@@H]3C[C@@H](O)[C@@]4(O)C[C@@H](O)CC[C@]4(C)[C@H]3CC[C@]12C)OS(=O)(=O)O. The molecule has 0 aliphatic heterocycles. The lowest BCUT2D eigenvalue weighted by molar-refractivity contribution is -0.268. The Bertz CT molecular complexity index is 942. The molecule has 0 unspecified atom stereocenters. The van der Waals surface area contributed by atoms with E-state index in [1.165, 1.54) is 0 Å². The van der Waals surface area contributed by atoms with Crippen LogP contribution >= 0.6 is 0 Å². The summed E-state index contributed by atoms with van der Waals surface area (Å²) in [4.78, 5) is 0. The van der Waals surface area contributed by atoms with Gasteiger partial charge >= 0.3 is 10.4 Å². The summed E-state index contributed by atoms with van der Waals surface area (Å²) in [5.74, 6) is -0.659. The quantitative estimate of drug-likeness (QED) is 0.262. The minimum atomic E-state index is -4.58. The van der Waals surface area contributed by atoms with Crippen LogP contribution in [0.1, 0.15) is 86.0 Å². The highest BCUT2D eigenvalue weighted by Gasteiger charge is 2.70. The van der Waals surface area contributed by atoms with Crippen LogP contribution in [0.3, 0.4) is 0 Å². The number of aliphatic hydroxyl groups excluding tert-OH is 4. The Balaban J connectivity index is 1.57. The highest BCUT2D eigenvalue weighted by atomic mass is 32.3. The van der Waals surface area contributed by atoms with E-state index >= 15 is 0 Å². The average Bonchev–Trinajstić information content (AvgIpc) is 2.98. The molecule has 0 heterocycles. The van der Waals surface area contributed by atoms with Gasteiger partial charge in [-0.3, -0.25) is 4.55 Å². The maximum atomic E-state index is 11.6. The number of hydrogen-bond donors (Lipinski definition) is 6. The molecule has 0 aromatic carbocycles. The topological polar surface area (TPSA) is 165 Å². The molecule has 216 valence electrons. The van der Waals surface area contributed by atoms with Crippen LogP contribution in [0.4, 0.5) is 0 Å². The van der Waals surface area contributed by atoms with Gasteiger partial charge in [0.2, 0.25) is 0 Å². The van der Waals surface area contributed by atoms with Crippen LogP contribution in [0.2, 0.25) is 0 Å². The normalized spacial score (nSPS) is 49.7. The summed E-state index contributed by atoms with van der Waals surface area (Å²) < 4.78 is 36.7. The minimum absolute atomic E-state index is 0.0479. The van der Waals surface area contributed by atoms with Crippen molar-refractivity contribution in [1.82, 2.24) is 0 Å². The molecule has 13 atom stereocenters. The fourth-order valence-electron chi connectivity index (χ4n) is 9.63. The maximum Gasteiger partial charge on any atom is 0.397 e. The number of fused-ring (bicyclic) bond motifs is 5. The summed E-state index contributed by atoms with van der Waals surface area (Å²) in [6.45, 7) is 9.83. The first-order valence-electron chi connectivity index (χ1n) is 14.1. The van der Waals surface area contributed by atoms with Crippen LogP contribution in [-0.2, 0) is 14.6 Å². The molecule has 4 rings (SSSR count). The van der Waals surface area contributed by atoms with Gasteiger partial charge in [-0.15, -0.1) is 0 Å². The first-order chi connectivity index (χ1) is 17.0. The fourth-order valence-corrected chi connectivity index (χ4v) is 10.3. The van der Waals surface area contributed by atoms with Crippen molar-refractivity contribution in [3.63, 3.8) is 0 Å². The minimum Gasteiger partial charge on any atom is -0.393 e. The summed E-state index contributed by atoms with van der Waals surface area (Å²) in [7, 11) is -4.58. The third-order valence-electron chi connectivity index (χ3n) is 11.5. The smallest absolute Gasteiger partial charge is 0.393 e. The Morgan fingerprint density at radius 1 is 0.973 bits per heavy atom. The largest absolute Gasteiger partial charge is 0.397 e. The molecule has 4 saturated carbocycles. The van der Waals surface area contributed by atoms with Crippen LogP contribution in [0.5, 0.6) is 0 Å². The van der Waals surface area contributed by atoms with Crippen molar-refractivity contribution in [2.45, 2.75) is 122 Å². The molecule has 0 aromatic rings. The standard InChI is InChI=1S/C27H48O9S/c1-14(2)19(36-37(33,34)35)7-6-15(3)21-23(30)24(31)22-17-12-20(29)27(32)13-16(28)8-11-26(27,5)18(17)9-10-25(21,22)4/h14-24,28-32H,6-13H2,1-5H3,(H,33,34,35)/t15-,16+,17-,18+,19+,20-,21+,22-,23-,24-,25-,26-,27+/m1/s1. The average molecular weight is 549 g/mol. The number of rotatable bonds is 7. The Hall–Kier alpha value is -0.330. The zero-order valence-corrected chi connectivity index (χ0v) is 23.6. The lowest BCUT2D eigenvalue weighted by atomic mass is 9.42. The maximum absolute atomic E-state index is 11.6. The van der Waals surface area contributed by atoms with Crippen molar-refractivity contribution in [3.05, 3.63) is 0 Å². The third kappa shape index (κ3) is 4.81. The predicted molar refractivity (Wildman–Crippen MR) is 137 cm³/mol. The van der Waals surface area contributed by atoms with Crippen molar-refractivity contribution in [3.8, 4) is 0 Å². The van der Waals surface area contributed by atoms with E-state index in [4.69, 9.17) is 4.18 Å². The van der Waals surface area contributed by atoms with E-state index in [1.54, 1.807) is 0 Å². The van der Waals surface area contributed by atoms with E-state index in [0.29, 0.717) is 32.1 Å². The Labute approximate surface area is 221 Å². The summed E-state index contributed by atoms with van der Waals surface area (Å²) in [5, 5.41) is 56.0. The van der Waals surface area contributed by atoms with Crippen molar-refractivity contribution in [1.29, 1.82) is 0 Å². The van der Waals surface area contributed by atoms with Gasteiger partial charge in [-0.05, 0) is 85.9 Å². The van der Waals surface area contributed by atoms with Gasteiger partial charge in [-0.25, -0.2) is 4.18 Å². The van der Waals surface area contributed by atoms with Crippen molar-refractivity contribution in [2.24, 2.45) is 46.3 Å². The Morgan fingerprint density at radius 2 is 1.62 bits per heavy atom. The van der Waals surface area contributed by atoms with Crippen molar-refractivity contribution in [2.75, 3.05) is 0 Å². The van der Waals surface area contributed by atoms with Crippen LogP contribution in [-0.4, -0.2) is 74.6 Å². The molecule has 0 amide bonds. The molecule has 0 bridgehead atoms. The zero-order valence-electron chi connectivity index (χ0n) is 22.8. The van der Waals surface area contributed by atoms with Crippen LogP contribution < -0.4 is 0 Å². The second-order valence-corrected chi connectivity index (χ2v) is 14.7. The van der Waals surface area contributed by atoms with Crippen LogP contribution in [0, 0.1) is 46.3 Å². The molecule has 6 N–H and O–H groups in total. The van der Waals surface area contributed by atoms with Gasteiger partial charge in [0.15, 0.2) is 0 Å². The monoisotopic (exact) mass is 548 g/mol. The molecule has 4 aliphatic rings. The second-order valence-electron chi connectivity index (χ2n) is 13.7. The van der Waals surface area contributed by atoms with E-state index in [0.717, 1.165) is 12.8 Å². The molecule has 9 nitrogen and oxygen atoms in total. The first kappa shape index (κ1) is 29.6. The lowest BCUT2D eigenvalue weighted by Gasteiger charge is -2.65. The van der Waals surface area contributed by atoms with E-state index < -0.39 is 57.3 Å². The first-order valence-corrected chi connectivity index (χ1v) is 15.4. The lowest BCUT2D eigenvalue weighted by Crippen LogP contribution is -2.69. The fraction of sp³-hybridized carbons (Fsp3) is 1.00. The summed E-state index contributed by atoms with van der Waals surface area (Å²) in [5.41, 5.74) is -2.34. The van der Waals surface area contributed by atoms with Gasteiger partial charge in [0.05, 0.1) is 36.1 Å². The number of aliphatic hydroxyl groups is 5. The summed E-state index contributed by atoms with van der Waals surface area (Å²) in [6, 6.07) is 0. The van der Waals surface area contributed by atoms with Gasteiger partial charge in [0.25, 0.3) is 0 Å². The van der Waals surface area contributed by atoms with Gasteiger partial charge in [-0.2, -0.15) is 8.42 Å². The van der Waals surface area contributed by atoms with Crippen molar-refractivity contribution < 1.29 is 42.7 Å². The van der Waals surface area contributed by atoms with Crippen molar-refractivity contribution >= 4 is 10.4 Å². The molecule has 4 fully saturated rings. The molecular formula is C27H48O9S. The Morgan fingerprint density at radius 3 is 2.22 bits per heavy atom. The summed E-state index contributed by atoms with van der Waals surface area (Å²) in [6.07, 6.45) is -0.0772. The molecule has 0 saturated heterocycles. The molecule has 0 spiro atoms. The second kappa shape index (κ2) is 9.94. The molecule has 0 aromatic heterocycles. The number of hydrogen-bond acceptors (Lipinski definition) is 8. The molecule has 4 aliphatic carbocycles. The van der Waals surface area contributed by atoms with Gasteiger partial charge < -0.3 is 25.5 Å². The zero-order chi connectivity index (χ0) is 27.7. The van der Waals surface area contributed by atoms with E-state index in [2.05, 4.69) is 6.92 Å². The third-order valence-corrected chi connectivity index (χ3v) is 12.0. The molecule has 10 heteroatoms. The molecule has 0 radical (unpaired) electrons. The molecule has 37 heavy (non-hydrogen) atoms.